The van der Waals surface area contributed by atoms with Crippen LogP contribution in [-0.2, 0) is 6.18 Å². The Balaban J connectivity index is 0.000000334. The standard InChI is InChI=1S/C15H9F3N6S.C5H11N/c16-15(17,18)9-6-22-14(19)24-11(9)8-5-21-12-7(8)1-2-10(23-12)13-20-3-4-25-13;1-2-4-6-5-3-1/h1-6H,(H,21,23)(H2,19,22,24);6H,1-5H2. The number of hydrogen-bond acceptors (Lipinski definition) is 7. The van der Waals surface area contributed by atoms with E-state index in [4.69, 9.17) is 5.73 Å². The largest absolute Gasteiger partial charge is 0.419 e. The van der Waals surface area contributed by atoms with Crippen LogP contribution in [0.1, 0.15) is 24.8 Å². The fourth-order valence-electron chi connectivity index (χ4n) is 3.28. The SMILES string of the molecule is C1CCNCC1.Nc1ncc(C(F)(F)F)c(-c2c[nH]c3nc(-c4nccs4)ccc23)n1. The molecule has 1 aliphatic heterocycles. The third-order valence-electron chi connectivity index (χ3n) is 4.77. The summed E-state index contributed by atoms with van der Waals surface area (Å²) in [5.74, 6) is -0.232. The van der Waals surface area contributed by atoms with Crippen molar-refractivity contribution in [1.29, 1.82) is 0 Å². The maximum Gasteiger partial charge on any atom is 0.419 e. The second-order valence-electron chi connectivity index (χ2n) is 6.93. The Kier molecular flexibility index (Phi) is 6.14. The van der Waals surface area contributed by atoms with Crippen LogP contribution in [0.15, 0.2) is 36.1 Å². The summed E-state index contributed by atoms with van der Waals surface area (Å²) in [6.45, 7) is 2.50. The number of aromatic amines is 1. The highest BCUT2D eigenvalue weighted by Crippen LogP contribution is 2.38. The quantitative estimate of drug-likeness (QED) is 0.418. The Hall–Kier alpha value is -3.05. The van der Waals surface area contributed by atoms with Crippen molar-refractivity contribution in [3.63, 3.8) is 0 Å². The summed E-state index contributed by atoms with van der Waals surface area (Å²) in [4.78, 5) is 18.7. The fourth-order valence-corrected chi connectivity index (χ4v) is 3.89. The molecule has 0 aromatic carbocycles. The van der Waals surface area contributed by atoms with Gasteiger partial charge in [-0.2, -0.15) is 13.2 Å². The van der Waals surface area contributed by atoms with Gasteiger partial charge in [-0.05, 0) is 38.1 Å². The number of nitrogen functional groups attached to an aromatic ring is 1. The molecule has 4 aromatic heterocycles. The van der Waals surface area contributed by atoms with Crippen LogP contribution in [0.4, 0.5) is 19.1 Å². The Morgan fingerprint density at radius 2 is 1.84 bits per heavy atom. The number of halogens is 3. The molecule has 0 unspecified atom stereocenters. The van der Waals surface area contributed by atoms with Gasteiger partial charge in [0.2, 0.25) is 5.95 Å². The maximum atomic E-state index is 13.3. The molecule has 4 N–H and O–H groups in total. The van der Waals surface area contributed by atoms with E-state index in [1.807, 2.05) is 5.38 Å². The monoisotopic (exact) mass is 447 g/mol. The number of fused-ring (bicyclic) bond motifs is 1. The predicted octanol–water partition coefficient (Wildman–Crippen LogP) is 4.50. The minimum atomic E-state index is -4.60. The van der Waals surface area contributed by atoms with Crippen LogP contribution in [0.3, 0.4) is 0 Å². The average Bonchev–Trinajstić information content (AvgIpc) is 3.44. The Morgan fingerprint density at radius 1 is 1.03 bits per heavy atom. The summed E-state index contributed by atoms with van der Waals surface area (Å²) in [6.07, 6.45) is 3.40. The zero-order valence-electron chi connectivity index (χ0n) is 16.4. The van der Waals surface area contributed by atoms with Gasteiger partial charge >= 0.3 is 6.18 Å². The first-order valence-electron chi connectivity index (χ1n) is 9.72. The topological polar surface area (TPSA) is 105 Å². The van der Waals surface area contributed by atoms with Gasteiger partial charge < -0.3 is 16.0 Å². The first-order chi connectivity index (χ1) is 14.9. The molecule has 5 rings (SSSR count). The minimum absolute atomic E-state index is 0.232. The van der Waals surface area contributed by atoms with Crippen molar-refractivity contribution < 1.29 is 13.2 Å². The number of H-pyrrole nitrogens is 1. The first-order valence-corrected chi connectivity index (χ1v) is 10.6. The summed E-state index contributed by atoms with van der Waals surface area (Å²) in [5, 5.41) is 6.33. The van der Waals surface area contributed by atoms with Crippen LogP contribution in [0.5, 0.6) is 0 Å². The summed E-state index contributed by atoms with van der Waals surface area (Å²) in [7, 11) is 0. The second-order valence-corrected chi connectivity index (χ2v) is 7.83. The van der Waals surface area contributed by atoms with Gasteiger partial charge in [0.25, 0.3) is 0 Å². The van der Waals surface area contributed by atoms with Crippen molar-refractivity contribution in [2.45, 2.75) is 25.4 Å². The molecule has 11 heteroatoms. The molecule has 1 fully saturated rings. The van der Waals surface area contributed by atoms with E-state index in [0.29, 0.717) is 22.9 Å². The third kappa shape index (κ3) is 4.83. The number of nitrogens with two attached hydrogens (primary N) is 1. The van der Waals surface area contributed by atoms with Crippen molar-refractivity contribution in [1.82, 2.24) is 30.2 Å². The Morgan fingerprint density at radius 3 is 2.45 bits per heavy atom. The number of alkyl halides is 3. The Labute approximate surface area is 180 Å². The highest BCUT2D eigenvalue weighted by atomic mass is 32.1. The van der Waals surface area contributed by atoms with Gasteiger partial charge in [0, 0.05) is 34.9 Å². The number of hydrogen-bond donors (Lipinski definition) is 3. The Bertz CT molecular complexity index is 1140. The molecule has 0 bridgehead atoms. The molecule has 0 radical (unpaired) electrons. The van der Waals surface area contributed by atoms with Crippen molar-refractivity contribution >= 4 is 28.3 Å². The zero-order valence-corrected chi connectivity index (χ0v) is 17.2. The van der Waals surface area contributed by atoms with E-state index < -0.39 is 11.7 Å². The summed E-state index contributed by atoms with van der Waals surface area (Å²) in [5.41, 5.74) is 5.58. The second kappa shape index (κ2) is 8.98. The summed E-state index contributed by atoms with van der Waals surface area (Å²) in [6, 6.07) is 3.39. The van der Waals surface area contributed by atoms with E-state index in [2.05, 4.69) is 30.2 Å². The number of nitrogens with one attached hydrogen (secondary N) is 2. The van der Waals surface area contributed by atoms with E-state index >= 15 is 0 Å². The number of thiazole rings is 1. The lowest BCUT2D eigenvalue weighted by molar-refractivity contribution is -0.137. The van der Waals surface area contributed by atoms with E-state index in [1.54, 1.807) is 18.3 Å². The number of aromatic nitrogens is 5. The summed E-state index contributed by atoms with van der Waals surface area (Å²) >= 11 is 1.42. The van der Waals surface area contributed by atoms with E-state index in [9.17, 15) is 13.2 Å². The van der Waals surface area contributed by atoms with Crippen molar-refractivity contribution in [3.8, 4) is 22.0 Å². The van der Waals surface area contributed by atoms with Crippen LogP contribution >= 0.6 is 11.3 Å². The van der Waals surface area contributed by atoms with Crippen molar-refractivity contribution in [2.24, 2.45) is 0 Å². The lowest BCUT2D eigenvalue weighted by Crippen LogP contribution is -2.21. The predicted molar refractivity (Wildman–Crippen MR) is 114 cm³/mol. The van der Waals surface area contributed by atoms with Crippen molar-refractivity contribution in [3.05, 3.63) is 41.7 Å². The molecule has 1 aliphatic rings. The molecule has 0 saturated carbocycles. The van der Waals surface area contributed by atoms with E-state index in [1.165, 1.54) is 49.9 Å². The number of pyridine rings is 1. The average molecular weight is 447 g/mol. The van der Waals surface area contributed by atoms with Crippen LogP contribution in [0.25, 0.3) is 33.0 Å². The molecule has 0 amide bonds. The van der Waals surface area contributed by atoms with Crippen LogP contribution in [0, 0.1) is 0 Å². The molecular formula is C20H20F3N7S. The van der Waals surface area contributed by atoms with Gasteiger partial charge in [0.15, 0.2) is 0 Å². The van der Waals surface area contributed by atoms with E-state index in [0.717, 1.165) is 5.01 Å². The van der Waals surface area contributed by atoms with Crippen LogP contribution in [-0.4, -0.2) is 38.0 Å². The molecule has 5 heterocycles. The molecule has 0 aliphatic carbocycles. The fraction of sp³-hybridized carbons (Fsp3) is 0.300. The van der Waals surface area contributed by atoms with Gasteiger partial charge in [0.1, 0.15) is 21.9 Å². The molecule has 0 atom stereocenters. The summed E-state index contributed by atoms with van der Waals surface area (Å²) < 4.78 is 39.8. The molecule has 31 heavy (non-hydrogen) atoms. The highest BCUT2D eigenvalue weighted by molar-refractivity contribution is 7.13. The number of anilines is 1. The molecule has 4 aromatic rings. The van der Waals surface area contributed by atoms with Crippen molar-refractivity contribution in [2.75, 3.05) is 18.8 Å². The number of rotatable bonds is 2. The van der Waals surface area contributed by atoms with Gasteiger partial charge in [-0.3, -0.25) is 0 Å². The lowest BCUT2D eigenvalue weighted by Gasteiger charge is -2.11. The van der Waals surface area contributed by atoms with Gasteiger partial charge in [-0.15, -0.1) is 11.3 Å². The third-order valence-corrected chi connectivity index (χ3v) is 5.56. The van der Waals surface area contributed by atoms with E-state index in [-0.39, 0.29) is 17.2 Å². The van der Waals surface area contributed by atoms with Crippen LogP contribution < -0.4 is 11.1 Å². The minimum Gasteiger partial charge on any atom is -0.368 e. The molecule has 7 nitrogen and oxygen atoms in total. The maximum absolute atomic E-state index is 13.3. The number of nitrogens with zero attached hydrogens (tertiary/aromatic N) is 4. The molecular weight excluding hydrogens is 427 g/mol. The van der Waals surface area contributed by atoms with Gasteiger partial charge in [-0.25, -0.2) is 19.9 Å². The van der Waals surface area contributed by atoms with Crippen LogP contribution in [0.2, 0.25) is 0 Å². The zero-order chi connectivity index (χ0) is 21.8. The molecule has 1 saturated heterocycles. The van der Waals surface area contributed by atoms with Gasteiger partial charge in [-0.1, -0.05) is 6.42 Å². The first kappa shape index (κ1) is 21.2. The lowest BCUT2D eigenvalue weighted by atomic mass is 10.1. The van der Waals surface area contributed by atoms with Gasteiger partial charge in [0.05, 0.1) is 5.69 Å². The number of piperidine rings is 1. The smallest absolute Gasteiger partial charge is 0.368 e. The molecule has 162 valence electrons. The normalized spacial score (nSPS) is 14.3. The highest BCUT2D eigenvalue weighted by Gasteiger charge is 2.36. The molecule has 0 spiro atoms.